The lowest BCUT2D eigenvalue weighted by Crippen LogP contribution is -2.48. The first-order valence-corrected chi connectivity index (χ1v) is 12.1. The van der Waals surface area contributed by atoms with Crippen LogP contribution in [0, 0.1) is 6.92 Å². The van der Waals surface area contributed by atoms with Crippen molar-refractivity contribution in [1.29, 1.82) is 0 Å². The van der Waals surface area contributed by atoms with Gasteiger partial charge in [-0.1, -0.05) is 30.5 Å². The molecule has 0 spiro atoms. The maximum atomic E-state index is 12.5. The number of sulfonamides is 1. The molecule has 1 fully saturated rings. The zero-order valence-corrected chi connectivity index (χ0v) is 17.9. The molecule has 1 N–H and O–H groups in total. The molecule has 1 amide bonds. The van der Waals surface area contributed by atoms with Gasteiger partial charge in [0.15, 0.2) is 0 Å². The Hall–Kier alpha value is -0.920. The van der Waals surface area contributed by atoms with Gasteiger partial charge in [-0.15, -0.1) is 0 Å². The maximum Gasteiger partial charge on any atom is 0.243 e. The van der Waals surface area contributed by atoms with E-state index in [-0.39, 0.29) is 5.91 Å². The summed E-state index contributed by atoms with van der Waals surface area (Å²) in [5.74, 6) is 0.539. The molecular formula is C18H27ClN2O3S2. The van der Waals surface area contributed by atoms with Gasteiger partial charge in [0.25, 0.3) is 0 Å². The molecule has 1 aliphatic rings. The third-order valence-corrected chi connectivity index (χ3v) is 7.59. The summed E-state index contributed by atoms with van der Waals surface area (Å²) in [7, 11) is -3.63. The van der Waals surface area contributed by atoms with Crippen molar-refractivity contribution in [3.63, 3.8) is 0 Å². The van der Waals surface area contributed by atoms with Crippen LogP contribution < -0.4 is 9.62 Å². The molecule has 0 saturated heterocycles. The number of anilines is 1. The molecule has 1 aromatic carbocycles. The highest BCUT2D eigenvalue weighted by atomic mass is 35.5. The van der Waals surface area contributed by atoms with E-state index in [0.717, 1.165) is 21.9 Å². The van der Waals surface area contributed by atoms with E-state index in [2.05, 4.69) is 5.32 Å². The standard InChI is InChI=1S/C18H27ClN2O3S2/c1-13-8-9-15(12-17(13)19)21(26(3,23)24)14(2)18(22)20-10-11-25-16-6-4-5-7-16/h8-9,12,14,16H,4-7,10-11H2,1-3H3,(H,20,22)/t14-/m1/s1. The van der Waals surface area contributed by atoms with Crippen LogP contribution in [0.4, 0.5) is 5.69 Å². The average molecular weight is 419 g/mol. The maximum absolute atomic E-state index is 12.5. The van der Waals surface area contributed by atoms with E-state index < -0.39 is 16.1 Å². The second-order valence-corrected chi connectivity index (χ2v) is 10.4. The van der Waals surface area contributed by atoms with Crippen LogP contribution in [0.1, 0.15) is 38.2 Å². The average Bonchev–Trinajstić information content (AvgIpc) is 3.07. The van der Waals surface area contributed by atoms with Crippen molar-refractivity contribution in [2.75, 3.05) is 22.9 Å². The summed E-state index contributed by atoms with van der Waals surface area (Å²) in [6.45, 7) is 3.97. The third-order valence-electron chi connectivity index (χ3n) is 4.56. The number of benzene rings is 1. The number of rotatable bonds is 8. The summed E-state index contributed by atoms with van der Waals surface area (Å²) in [5.41, 5.74) is 1.25. The van der Waals surface area contributed by atoms with Crippen molar-refractivity contribution < 1.29 is 13.2 Å². The lowest BCUT2D eigenvalue weighted by atomic mass is 10.2. The van der Waals surface area contributed by atoms with Gasteiger partial charge in [-0.25, -0.2) is 8.42 Å². The van der Waals surface area contributed by atoms with Crippen LogP contribution in [0.25, 0.3) is 0 Å². The topological polar surface area (TPSA) is 66.5 Å². The van der Waals surface area contributed by atoms with Crippen LogP contribution in [-0.2, 0) is 14.8 Å². The predicted octanol–water partition coefficient (Wildman–Crippen LogP) is 3.59. The minimum Gasteiger partial charge on any atom is -0.353 e. The molecule has 1 aliphatic carbocycles. The molecule has 0 bridgehead atoms. The van der Waals surface area contributed by atoms with Crippen LogP contribution in [0.15, 0.2) is 18.2 Å². The lowest BCUT2D eigenvalue weighted by molar-refractivity contribution is -0.121. The Balaban J connectivity index is 2.00. The number of hydrogen-bond acceptors (Lipinski definition) is 4. The number of hydrogen-bond donors (Lipinski definition) is 1. The Kier molecular flexibility index (Phi) is 7.67. The molecule has 2 rings (SSSR count). The van der Waals surface area contributed by atoms with Gasteiger partial charge in [0.05, 0.1) is 11.9 Å². The summed E-state index contributed by atoms with van der Waals surface area (Å²) < 4.78 is 25.7. The van der Waals surface area contributed by atoms with Crippen molar-refractivity contribution in [1.82, 2.24) is 5.32 Å². The molecule has 0 unspecified atom stereocenters. The summed E-state index contributed by atoms with van der Waals surface area (Å²) in [4.78, 5) is 12.5. The van der Waals surface area contributed by atoms with Crippen molar-refractivity contribution in [2.45, 2.75) is 50.8 Å². The number of thioether (sulfide) groups is 1. The van der Waals surface area contributed by atoms with Gasteiger partial charge in [-0.2, -0.15) is 11.8 Å². The van der Waals surface area contributed by atoms with Gasteiger partial charge >= 0.3 is 0 Å². The zero-order valence-electron chi connectivity index (χ0n) is 15.5. The molecular weight excluding hydrogens is 392 g/mol. The summed E-state index contributed by atoms with van der Waals surface area (Å²) >= 11 is 8.02. The van der Waals surface area contributed by atoms with Gasteiger partial charge in [0.2, 0.25) is 15.9 Å². The number of nitrogens with one attached hydrogen (secondary N) is 1. The van der Waals surface area contributed by atoms with Crippen LogP contribution in [-0.4, -0.2) is 44.2 Å². The highest BCUT2D eigenvalue weighted by molar-refractivity contribution is 7.99. The van der Waals surface area contributed by atoms with Crippen molar-refractivity contribution >= 4 is 45.0 Å². The minimum absolute atomic E-state index is 0.306. The first kappa shape index (κ1) is 21.4. The van der Waals surface area contributed by atoms with E-state index in [4.69, 9.17) is 11.6 Å². The van der Waals surface area contributed by atoms with Crippen molar-refractivity contribution in [3.8, 4) is 0 Å². The van der Waals surface area contributed by atoms with Crippen LogP contribution in [0.2, 0.25) is 5.02 Å². The first-order valence-electron chi connectivity index (χ1n) is 8.85. The molecule has 1 atom stereocenters. The molecule has 1 saturated carbocycles. The van der Waals surface area contributed by atoms with E-state index in [9.17, 15) is 13.2 Å². The summed E-state index contributed by atoms with van der Waals surface area (Å²) in [6.07, 6.45) is 6.20. The number of aryl methyl sites for hydroxylation is 1. The fourth-order valence-electron chi connectivity index (χ4n) is 3.13. The van der Waals surface area contributed by atoms with E-state index >= 15 is 0 Å². The van der Waals surface area contributed by atoms with Gasteiger partial charge in [0, 0.05) is 22.6 Å². The highest BCUT2D eigenvalue weighted by Gasteiger charge is 2.29. The molecule has 146 valence electrons. The molecule has 26 heavy (non-hydrogen) atoms. The predicted molar refractivity (Wildman–Crippen MR) is 111 cm³/mol. The second kappa shape index (κ2) is 9.33. The molecule has 0 aliphatic heterocycles. The highest BCUT2D eigenvalue weighted by Crippen LogP contribution is 2.29. The Morgan fingerprint density at radius 1 is 1.38 bits per heavy atom. The van der Waals surface area contributed by atoms with E-state index in [1.165, 1.54) is 25.7 Å². The van der Waals surface area contributed by atoms with Crippen molar-refractivity contribution in [3.05, 3.63) is 28.8 Å². The Labute approximate surface area is 165 Å². The zero-order chi connectivity index (χ0) is 19.3. The van der Waals surface area contributed by atoms with Gasteiger partial charge in [-0.05, 0) is 44.4 Å². The fourth-order valence-corrected chi connectivity index (χ4v) is 5.69. The number of halogens is 1. The Morgan fingerprint density at radius 3 is 2.62 bits per heavy atom. The number of amides is 1. The monoisotopic (exact) mass is 418 g/mol. The number of carbonyl (C=O) groups is 1. The first-order chi connectivity index (χ1) is 12.2. The second-order valence-electron chi connectivity index (χ2n) is 6.74. The van der Waals surface area contributed by atoms with Crippen LogP contribution in [0.3, 0.4) is 0 Å². The van der Waals surface area contributed by atoms with E-state index in [1.807, 2.05) is 18.7 Å². The quantitative estimate of drug-likeness (QED) is 0.655. The van der Waals surface area contributed by atoms with Gasteiger partial charge in [-0.3, -0.25) is 9.10 Å². The summed E-state index contributed by atoms with van der Waals surface area (Å²) in [6, 6.07) is 4.15. The smallest absolute Gasteiger partial charge is 0.243 e. The minimum atomic E-state index is -3.63. The van der Waals surface area contributed by atoms with E-state index in [1.54, 1.807) is 25.1 Å². The van der Waals surface area contributed by atoms with Crippen LogP contribution >= 0.6 is 23.4 Å². The fraction of sp³-hybridized carbons (Fsp3) is 0.611. The Morgan fingerprint density at radius 2 is 2.04 bits per heavy atom. The SMILES string of the molecule is Cc1ccc(N([C@H](C)C(=O)NCCSC2CCCC2)S(C)(=O)=O)cc1Cl. The molecule has 0 aromatic heterocycles. The molecule has 5 nitrogen and oxygen atoms in total. The van der Waals surface area contributed by atoms with Gasteiger partial charge in [0.1, 0.15) is 6.04 Å². The lowest BCUT2D eigenvalue weighted by Gasteiger charge is -2.28. The third kappa shape index (κ3) is 5.79. The summed E-state index contributed by atoms with van der Waals surface area (Å²) in [5, 5.41) is 4.03. The number of carbonyl (C=O) groups excluding carboxylic acids is 1. The van der Waals surface area contributed by atoms with E-state index in [0.29, 0.717) is 22.5 Å². The number of nitrogens with zero attached hydrogens (tertiary/aromatic N) is 1. The van der Waals surface area contributed by atoms with Crippen LogP contribution in [0.5, 0.6) is 0 Å². The molecule has 0 heterocycles. The molecule has 1 aromatic rings. The van der Waals surface area contributed by atoms with Gasteiger partial charge < -0.3 is 5.32 Å². The van der Waals surface area contributed by atoms with Crippen molar-refractivity contribution in [2.24, 2.45) is 0 Å². The normalized spacial score (nSPS) is 16.5. The molecule has 0 radical (unpaired) electrons. The Bertz CT molecular complexity index is 734. The molecule has 8 heteroatoms. The largest absolute Gasteiger partial charge is 0.353 e.